The third-order valence-corrected chi connectivity index (χ3v) is 7.12. The monoisotopic (exact) mass is 500 g/mol. The molecule has 2 atom stereocenters. The van der Waals surface area contributed by atoms with E-state index in [4.69, 9.17) is 14.6 Å². The van der Waals surface area contributed by atoms with E-state index in [-0.39, 0.29) is 17.1 Å². The molecule has 2 heterocycles. The fourth-order valence-electron chi connectivity index (χ4n) is 4.62. The second kappa shape index (κ2) is 10.1. The normalized spacial score (nSPS) is 19.4. The Hall–Kier alpha value is -3.04. The molecule has 3 aromatic rings. The predicted molar refractivity (Wildman–Crippen MR) is 136 cm³/mol. The van der Waals surface area contributed by atoms with E-state index in [0.717, 1.165) is 24.8 Å². The highest BCUT2D eigenvalue weighted by Crippen LogP contribution is 2.37. The number of alkyl halides is 2. The summed E-state index contributed by atoms with van der Waals surface area (Å²) < 4.78 is 40.0. The Labute approximate surface area is 210 Å². The summed E-state index contributed by atoms with van der Waals surface area (Å²) in [7, 11) is 3.71. The molecule has 0 spiro atoms. The summed E-state index contributed by atoms with van der Waals surface area (Å²) in [5, 5.41) is 13.2. The number of likely N-dealkylation sites (N-methyl/N-ethyl adjacent to an activating group) is 1. The van der Waals surface area contributed by atoms with Gasteiger partial charge in [-0.2, -0.15) is 8.78 Å². The number of aryl methyl sites for hydroxylation is 1. The number of methoxy groups -OCH3 is 1. The summed E-state index contributed by atoms with van der Waals surface area (Å²) in [5.41, 5.74) is 1.05. The number of halogens is 2. The maximum Gasteiger partial charge on any atom is 0.295 e. The number of aromatic nitrogens is 2. The topological polar surface area (TPSA) is 79.7 Å². The van der Waals surface area contributed by atoms with Crippen LogP contribution in [-0.4, -0.2) is 59.4 Å². The molecule has 9 heteroatoms. The molecule has 0 saturated carbocycles. The van der Waals surface area contributed by atoms with Crippen molar-refractivity contribution in [3.8, 4) is 11.5 Å². The molecule has 36 heavy (non-hydrogen) atoms. The van der Waals surface area contributed by atoms with Gasteiger partial charge in [0.2, 0.25) is 0 Å². The molecule has 1 saturated heterocycles. The highest BCUT2D eigenvalue weighted by atomic mass is 19.3. The van der Waals surface area contributed by atoms with Crippen LogP contribution < -0.4 is 14.8 Å². The second-order valence-corrected chi connectivity index (χ2v) is 9.80. The lowest BCUT2D eigenvalue weighted by molar-refractivity contribution is -0.0556. The van der Waals surface area contributed by atoms with Gasteiger partial charge in [0, 0.05) is 23.1 Å². The number of hydrogen-bond donors (Lipinski definition) is 2. The second-order valence-electron chi connectivity index (χ2n) is 9.80. The van der Waals surface area contributed by atoms with Gasteiger partial charge in [-0.1, -0.05) is 18.2 Å². The van der Waals surface area contributed by atoms with Crippen LogP contribution in [0.15, 0.2) is 36.4 Å². The van der Waals surface area contributed by atoms with Gasteiger partial charge in [-0.25, -0.2) is 9.97 Å². The number of rotatable bonds is 9. The van der Waals surface area contributed by atoms with E-state index in [9.17, 15) is 8.78 Å². The molecule has 1 aliphatic rings. The van der Waals surface area contributed by atoms with Gasteiger partial charge < -0.3 is 19.9 Å². The summed E-state index contributed by atoms with van der Waals surface area (Å²) in [6.45, 7) is 6.18. The zero-order valence-corrected chi connectivity index (χ0v) is 21.4. The summed E-state index contributed by atoms with van der Waals surface area (Å²) in [6, 6.07) is 9.41. The van der Waals surface area contributed by atoms with E-state index in [1.165, 1.54) is 12.1 Å². The van der Waals surface area contributed by atoms with Crippen LogP contribution in [0, 0.1) is 6.92 Å². The predicted octanol–water partition coefficient (Wildman–Crippen LogP) is 5.07. The zero-order chi connectivity index (χ0) is 26.1. The minimum absolute atomic E-state index is 0.0546. The standard InChI is InChI=1S/C27H34F2N4O3/c1-17(19-8-6-9-20(12-19)27(28,29)15-34)30-25-21-13-24(36-16-26(3)10-7-11-33(26)4)23(35-5)14-22(21)31-18(2)32-25/h6,8-9,12-14,17,34H,7,10-11,15-16H2,1-5H3,(H,30,31,32)/t17-,26+/m1/s1. The molecule has 0 bridgehead atoms. The number of fused-ring (bicyclic) bond motifs is 1. The molecule has 2 N–H and O–H groups in total. The first-order chi connectivity index (χ1) is 17.1. The molecule has 2 aromatic carbocycles. The zero-order valence-electron chi connectivity index (χ0n) is 21.4. The van der Waals surface area contributed by atoms with Crippen LogP contribution in [-0.2, 0) is 5.92 Å². The largest absolute Gasteiger partial charge is 0.493 e. The first-order valence-electron chi connectivity index (χ1n) is 12.1. The number of anilines is 1. The van der Waals surface area contributed by atoms with Crippen molar-refractivity contribution >= 4 is 16.7 Å². The quantitative estimate of drug-likeness (QED) is 0.425. The number of nitrogens with one attached hydrogen (secondary N) is 1. The Bertz CT molecular complexity index is 1240. The molecule has 4 rings (SSSR count). The van der Waals surface area contributed by atoms with Crippen LogP contribution in [0.25, 0.3) is 10.9 Å². The molecule has 0 radical (unpaired) electrons. The maximum atomic E-state index is 14.0. The van der Waals surface area contributed by atoms with Crippen molar-refractivity contribution in [1.29, 1.82) is 0 Å². The lowest BCUT2D eigenvalue weighted by Gasteiger charge is -2.32. The average Bonchev–Trinajstić information content (AvgIpc) is 3.20. The van der Waals surface area contributed by atoms with Gasteiger partial charge >= 0.3 is 0 Å². The van der Waals surface area contributed by atoms with Crippen LogP contribution in [0.2, 0.25) is 0 Å². The number of benzene rings is 2. The molecule has 194 valence electrons. The minimum Gasteiger partial charge on any atom is -0.493 e. The van der Waals surface area contributed by atoms with E-state index < -0.39 is 12.5 Å². The Balaban J connectivity index is 1.66. The van der Waals surface area contributed by atoms with Gasteiger partial charge in [-0.05, 0) is 64.9 Å². The number of nitrogens with zero attached hydrogens (tertiary/aromatic N) is 3. The summed E-state index contributed by atoms with van der Waals surface area (Å²) in [5.74, 6) is -0.988. The van der Waals surface area contributed by atoms with E-state index in [2.05, 4.69) is 34.2 Å². The van der Waals surface area contributed by atoms with Crippen LogP contribution in [0.3, 0.4) is 0 Å². The van der Waals surface area contributed by atoms with Crippen molar-refractivity contribution in [1.82, 2.24) is 14.9 Å². The van der Waals surface area contributed by atoms with Gasteiger partial charge in [-0.15, -0.1) is 0 Å². The smallest absolute Gasteiger partial charge is 0.295 e. The SMILES string of the molecule is COc1cc2nc(C)nc(N[C@H](C)c3cccc(C(F)(F)CO)c3)c2cc1OC[C@]1(C)CCCN1C. The van der Waals surface area contributed by atoms with Gasteiger partial charge in [0.1, 0.15) is 24.9 Å². The molecular weight excluding hydrogens is 466 g/mol. The Morgan fingerprint density at radius 3 is 2.67 bits per heavy atom. The number of aliphatic hydroxyl groups excluding tert-OH is 1. The van der Waals surface area contributed by atoms with Crippen molar-refractivity contribution in [3.05, 3.63) is 53.3 Å². The van der Waals surface area contributed by atoms with Crippen LogP contribution in [0.1, 0.15) is 49.7 Å². The first-order valence-corrected chi connectivity index (χ1v) is 12.1. The van der Waals surface area contributed by atoms with E-state index >= 15 is 0 Å². The number of ether oxygens (including phenoxy) is 2. The van der Waals surface area contributed by atoms with E-state index in [0.29, 0.717) is 40.8 Å². The molecule has 7 nitrogen and oxygen atoms in total. The van der Waals surface area contributed by atoms with E-state index in [1.54, 1.807) is 26.2 Å². The third kappa shape index (κ3) is 5.22. The van der Waals surface area contributed by atoms with Gasteiger partial charge in [0.15, 0.2) is 11.5 Å². The third-order valence-electron chi connectivity index (χ3n) is 7.12. The van der Waals surface area contributed by atoms with Gasteiger partial charge in [0.25, 0.3) is 5.92 Å². The molecular formula is C27H34F2N4O3. The van der Waals surface area contributed by atoms with Crippen LogP contribution in [0.5, 0.6) is 11.5 Å². The minimum atomic E-state index is -3.30. The van der Waals surface area contributed by atoms with Crippen molar-refractivity contribution in [2.24, 2.45) is 0 Å². The van der Waals surface area contributed by atoms with E-state index in [1.807, 2.05) is 19.1 Å². The molecule has 1 fully saturated rings. The fraction of sp³-hybridized carbons (Fsp3) is 0.481. The Morgan fingerprint density at radius 2 is 2.00 bits per heavy atom. The van der Waals surface area contributed by atoms with Crippen molar-refractivity contribution in [2.75, 3.05) is 39.2 Å². The molecule has 0 unspecified atom stereocenters. The van der Waals surface area contributed by atoms with Crippen molar-refractivity contribution < 1.29 is 23.4 Å². The first kappa shape index (κ1) is 26.0. The molecule has 1 aliphatic heterocycles. The number of aliphatic hydroxyl groups is 1. The Kier molecular flexibility index (Phi) is 7.33. The highest BCUT2D eigenvalue weighted by Gasteiger charge is 2.35. The van der Waals surface area contributed by atoms with Gasteiger partial charge in [0.05, 0.1) is 18.2 Å². The van der Waals surface area contributed by atoms with Gasteiger partial charge in [-0.3, -0.25) is 4.90 Å². The van der Waals surface area contributed by atoms with Crippen LogP contribution in [0.4, 0.5) is 14.6 Å². The molecule has 0 amide bonds. The van der Waals surface area contributed by atoms with Crippen LogP contribution >= 0.6 is 0 Å². The number of hydrogen-bond acceptors (Lipinski definition) is 7. The lowest BCUT2D eigenvalue weighted by atomic mass is 10.0. The van der Waals surface area contributed by atoms with Crippen molar-refractivity contribution in [2.45, 2.75) is 51.1 Å². The summed E-state index contributed by atoms with van der Waals surface area (Å²) in [6.07, 6.45) is 2.19. The Morgan fingerprint density at radius 1 is 1.22 bits per heavy atom. The highest BCUT2D eigenvalue weighted by molar-refractivity contribution is 5.92. The molecule has 0 aliphatic carbocycles. The molecule has 1 aromatic heterocycles. The number of likely N-dealkylation sites (tertiary alicyclic amines) is 1. The fourth-order valence-corrected chi connectivity index (χ4v) is 4.62. The lowest BCUT2D eigenvalue weighted by Crippen LogP contribution is -2.43. The summed E-state index contributed by atoms with van der Waals surface area (Å²) >= 11 is 0. The summed E-state index contributed by atoms with van der Waals surface area (Å²) in [4.78, 5) is 11.5. The maximum absolute atomic E-state index is 14.0. The average molecular weight is 501 g/mol. The van der Waals surface area contributed by atoms with Crippen molar-refractivity contribution in [3.63, 3.8) is 0 Å².